The van der Waals surface area contributed by atoms with E-state index < -0.39 is 34.9 Å². The Bertz CT molecular complexity index is 1390. The quantitative estimate of drug-likeness (QED) is 0.467. The van der Waals surface area contributed by atoms with Crippen molar-refractivity contribution in [3.63, 3.8) is 0 Å². The number of amides is 2. The fourth-order valence-corrected chi connectivity index (χ4v) is 6.33. The van der Waals surface area contributed by atoms with Gasteiger partial charge in [-0.15, -0.1) is 0 Å². The number of ether oxygens (including phenoxy) is 3. The van der Waals surface area contributed by atoms with E-state index in [0.29, 0.717) is 41.0 Å². The van der Waals surface area contributed by atoms with Gasteiger partial charge in [0.2, 0.25) is 5.91 Å². The zero-order valence-electron chi connectivity index (χ0n) is 24.6. The van der Waals surface area contributed by atoms with Crippen molar-refractivity contribution >= 4 is 17.8 Å². The summed E-state index contributed by atoms with van der Waals surface area (Å²) in [6.45, 7) is 9.62. The van der Waals surface area contributed by atoms with E-state index in [-0.39, 0.29) is 30.8 Å². The summed E-state index contributed by atoms with van der Waals surface area (Å²) < 4.78 is 17.9. The Morgan fingerprint density at radius 1 is 1.12 bits per heavy atom. The summed E-state index contributed by atoms with van der Waals surface area (Å²) in [5.41, 5.74) is 5.76. The third kappa shape index (κ3) is 4.82. The van der Waals surface area contributed by atoms with Crippen molar-refractivity contribution in [2.75, 3.05) is 13.7 Å². The second-order valence-electron chi connectivity index (χ2n) is 12.0. The molecule has 0 bridgehead atoms. The van der Waals surface area contributed by atoms with Gasteiger partial charge in [-0.1, -0.05) is 32.0 Å². The molecule has 220 valence electrons. The summed E-state index contributed by atoms with van der Waals surface area (Å²) in [7, 11) is 1.57. The number of hydrogen-bond donors (Lipinski definition) is 3. The highest BCUT2D eigenvalue weighted by molar-refractivity contribution is 6.00. The molecule has 4 atom stereocenters. The molecule has 10 heteroatoms. The maximum absolute atomic E-state index is 13.7. The third-order valence-corrected chi connectivity index (χ3v) is 8.78. The van der Waals surface area contributed by atoms with Crippen molar-refractivity contribution in [3.8, 4) is 11.5 Å². The van der Waals surface area contributed by atoms with Gasteiger partial charge in [-0.25, -0.2) is 4.99 Å². The molecule has 0 spiro atoms. The Morgan fingerprint density at radius 2 is 1.80 bits per heavy atom. The first-order valence-corrected chi connectivity index (χ1v) is 14.1. The third-order valence-electron chi connectivity index (χ3n) is 8.78. The highest BCUT2D eigenvalue weighted by Crippen LogP contribution is 2.49. The number of nitrogens with two attached hydrogens (primary N) is 1. The molecular weight excluding hydrogens is 524 g/mol. The summed E-state index contributed by atoms with van der Waals surface area (Å²) in [4.78, 5) is 33.6. The van der Waals surface area contributed by atoms with Gasteiger partial charge in [-0.2, -0.15) is 0 Å². The Labute approximate surface area is 240 Å². The highest BCUT2D eigenvalue weighted by atomic mass is 16.5. The summed E-state index contributed by atoms with van der Waals surface area (Å²) >= 11 is 0. The van der Waals surface area contributed by atoms with Crippen molar-refractivity contribution in [1.29, 1.82) is 0 Å². The molecular formula is C31H40N4O6. The maximum atomic E-state index is 13.7. The predicted octanol–water partition coefficient (Wildman–Crippen LogP) is 3.63. The van der Waals surface area contributed by atoms with Crippen LogP contribution in [-0.2, 0) is 9.53 Å². The summed E-state index contributed by atoms with van der Waals surface area (Å²) in [5, 5.41) is 14.1. The van der Waals surface area contributed by atoms with Crippen LogP contribution in [0.5, 0.6) is 11.5 Å². The second kappa shape index (κ2) is 10.3. The number of nitrogens with one attached hydrogen (secondary N) is 1. The summed E-state index contributed by atoms with van der Waals surface area (Å²) in [6, 6.07) is 11.1. The number of aliphatic imine (C=N–C) groups is 1. The minimum atomic E-state index is -0.990. The maximum Gasteiger partial charge on any atom is 0.251 e. The fourth-order valence-electron chi connectivity index (χ4n) is 6.33. The largest absolute Gasteiger partial charge is 0.485 e. The lowest BCUT2D eigenvalue weighted by Crippen LogP contribution is -2.58. The fraction of sp³-hybridized carbons (Fsp3) is 0.516. The molecule has 3 heterocycles. The molecule has 0 aliphatic carbocycles. The van der Waals surface area contributed by atoms with Crippen LogP contribution in [0.4, 0.5) is 0 Å². The van der Waals surface area contributed by atoms with Crippen molar-refractivity contribution in [2.24, 2.45) is 10.7 Å². The molecule has 10 nitrogen and oxygen atoms in total. The number of carbonyl (C=O) groups excluding carboxylic acids is 2. The van der Waals surface area contributed by atoms with Crippen LogP contribution in [0.2, 0.25) is 0 Å². The molecule has 0 saturated heterocycles. The van der Waals surface area contributed by atoms with E-state index in [9.17, 15) is 14.7 Å². The number of hydrogen-bond acceptors (Lipinski definition) is 8. The number of benzene rings is 2. The van der Waals surface area contributed by atoms with Gasteiger partial charge in [-0.3, -0.25) is 14.5 Å². The smallest absolute Gasteiger partial charge is 0.251 e. The number of rotatable bonds is 7. The van der Waals surface area contributed by atoms with E-state index in [4.69, 9.17) is 24.9 Å². The number of aliphatic hydroxyl groups excluding tert-OH is 1. The van der Waals surface area contributed by atoms with Crippen LogP contribution < -0.4 is 20.5 Å². The van der Waals surface area contributed by atoms with Crippen LogP contribution in [0.15, 0.2) is 47.5 Å². The molecule has 3 aliphatic rings. The first-order chi connectivity index (χ1) is 19.4. The van der Waals surface area contributed by atoms with E-state index in [1.54, 1.807) is 39.2 Å². The lowest BCUT2D eigenvalue weighted by molar-refractivity contribution is -0.135. The number of fused-ring (bicyclic) bond motifs is 2. The minimum Gasteiger partial charge on any atom is -0.485 e. The lowest BCUT2D eigenvalue weighted by Gasteiger charge is -2.43. The molecule has 0 aromatic heterocycles. The Morgan fingerprint density at radius 3 is 2.46 bits per heavy atom. The molecule has 0 radical (unpaired) electrons. The molecule has 0 fully saturated rings. The molecule has 2 amide bonds. The van der Waals surface area contributed by atoms with Crippen LogP contribution in [0.25, 0.3) is 0 Å². The van der Waals surface area contributed by atoms with Gasteiger partial charge < -0.3 is 30.4 Å². The number of methoxy groups -OCH3 is 1. The minimum absolute atomic E-state index is 0.132. The van der Waals surface area contributed by atoms with E-state index >= 15 is 0 Å². The monoisotopic (exact) mass is 564 g/mol. The molecule has 0 saturated carbocycles. The average Bonchev–Trinajstić information content (AvgIpc) is 3.21. The van der Waals surface area contributed by atoms with Crippen LogP contribution >= 0.6 is 0 Å². The molecule has 2 aromatic rings. The first-order valence-electron chi connectivity index (χ1n) is 14.1. The summed E-state index contributed by atoms with van der Waals surface area (Å²) in [5.74, 6) is 0.745. The normalized spacial score (nSPS) is 27.7. The van der Waals surface area contributed by atoms with Gasteiger partial charge in [0.25, 0.3) is 5.91 Å². The van der Waals surface area contributed by atoms with E-state index in [2.05, 4.69) is 5.32 Å². The second-order valence-corrected chi connectivity index (χ2v) is 12.0. The van der Waals surface area contributed by atoms with E-state index in [0.717, 1.165) is 0 Å². The molecule has 2 aromatic carbocycles. The van der Waals surface area contributed by atoms with Gasteiger partial charge in [0.15, 0.2) is 11.6 Å². The summed E-state index contributed by atoms with van der Waals surface area (Å²) in [6.07, 6.45) is 0.626. The van der Waals surface area contributed by atoms with Crippen LogP contribution in [0.3, 0.4) is 0 Å². The standard InChI is InChI=1S/C31H40N4O6/c1-7-31(8-2)16-23(36)35(28(32)34-31)25-20-15-18(13-14-22(20)41-30(25,5)17-39-6)27(38)33-24-19-11-9-10-12-21(19)40-29(3,4)26(24)37/h9-15,24-26,37H,7-8,16-17H2,1-6H3,(H2,32,34)(H,33,38)/t24-,25+,26+,30?/m1/s1. The first kappa shape index (κ1) is 28.9. The average molecular weight is 565 g/mol. The topological polar surface area (TPSA) is 136 Å². The predicted molar refractivity (Wildman–Crippen MR) is 154 cm³/mol. The molecule has 41 heavy (non-hydrogen) atoms. The van der Waals surface area contributed by atoms with Crippen molar-refractivity contribution in [2.45, 2.75) is 88.8 Å². The molecule has 4 N–H and O–H groups in total. The van der Waals surface area contributed by atoms with Gasteiger partial charge in [0, 0.05) is 23.8 Å². The number of aliphatic hydroxyl groups is 1. The van der Waals surface area contributed by atoms with E-state index in [1.807, 2.05) is 45.0 Å². The Hall–Kier alpha value is -3.63. The zero-order chi connectivity index (χ0) is 29.7. The van der Waals surface area contributed by atoms with Gasteiger partial charge in [0.05, 0.1) is 24.6 Å². The van der Waals surface area contributed by atoms with Gasteiger partial charge >= 0.3 is 0 Å². The zero-order valence-corrected chi connectivity index (χ0v) is 24.6. The van der Waals surface area contributed by atoms with E-state index in [1.165, 1.54) is 4.90 Å². The lowest BCUT2D eigenvalue weighted by atomic mass is 9.85. The Balaban J connectivity index is 1.51. The van der Waals surface area contributed by atoms with Crippen LogP contribution in [0.1, 0.15) is 87.4 Å². The number of carbonyl (C=O) groups is 2. The van der Waals surface area contributed by atoms with Crippen molar-refractivity contribution < 1.29 is 28.9 Å². The van der Waals surface area contributed by atoms with Gasteiger partial charge in [-0.05, 0) is 57.9 Å². The SMILES string of the molecule is CCC1(CC)CC(=O)N([C@H]2c3cc(C(=O)N[C@@H]4c5ccccc5OC(C)(C)[C@H]4O)ccc3OC2(C)COC)C(N)=N1. The Kier molecular flexibility index (Phi) is 7.28. The number of guanidine groups is 1. The molecule has 1 unspecified atom stereocenters. The van der Waals surface area contributed by atoms with Crippen molar-refractivity contribution in [1.82, 2.24) is 10.2 Å². The van der Waals surface area contributed by atoms with Crippen molar-refractivity contribution in [3.05, 3.63) is 59.2 Å². The number of nitrogens with zero attached hydrogens (tertiary/aromatic N) is 2. The van der Waals surface area contributed by atoms with Crippen LogP contribution in [0, 0.1) is 0 Å². The van der Waals surface area contributed by atoms with Gasteiger partial charge in [0.1, 0.15) is 29.2 Å². The highest BCUT2D eigenvalue weighted by Gasteiger charge is 2.53. The van der Waals surface area contributed by atoms with Crippen LogP contribution in [-0.4, -0.2) is 64.3 Å². The molecule has 5 rings (SSSR count). The number of para-hydroxylation sites is 1. The molecule has 3 aliphatic heterocycles.